The summed E-state index contributed by atoms with van der Waals surface area (Å²) in [7, 11) is -3.30. The van der Waals surface area contributed by atoms with E-state index in [4.69, 9.17) is 5.73 Å². The van der Waals surface area contributed by atoms with Crippen molar-refractivity contribution in [3.05, 3.63) is 0 Å². The monoisotopic (exact) mass is 278 g/mol. The third-order valence-corrected chi connectivity index (χ3v) is 4.61. The van der Waals surface area contributed by atoms with Gasteiger partial charge in [-0.1, -0.05) is 6.92 Å². The van der Waals surface area contributed by atoms with Crippen molar-refractivity contribution in [2.75, 3.05) is 24.6 Å². The highest BCUT2D eigenvalue weighted by Gasteiger charge is 2.20. The predicted octanol–water partition coefficient (Wildman–Crippen LogP) is 0.787. The SMILES string of the molecule is CCC(N)CCCS(=O)(=O)CC(=O)N(CC)CC. The molecule has 1 unspecified atom stereocenters. The minimum Gasteiger partial charge on any atom is -0.342 e. The molecule has 0 saturated heterocycles. The van der Waals surface area contributed by atoms with Crippen molar-refractivity contribution in [3.8, 4) is 0 Å². The highest BCUT2D eigenvalue weighted by molar-refractivity contribution is 7.92. The molecule has 0 bridgehead atoms. The number of hydrogen-bond donors (Lipinski definition) is 1. The van der Waals surface area contributed by atoms with Crippen LogP contribution >= 0.6 is 0 Å². The molecule has 0 fully saturated rings. The molecule has 0 aliphatic rings. The lowest BCUT2D eigenvalue weighted by atomic mass is 10.1. The van der Waals surface area contributed by atoms with Crippen LogP contribution in [0.3, 0.4) is 0 Å². The first-order chi connectivity index (χ1) is 8.36. The Balaban J connectivity index is 4.19. The molecule has 0 aromatic carbocycles. The fourth-order valence-electron chi connectivity index (χ4n) is 1.70. The lowest BCUT2D eigenvalue weighted by molar-refractivity contribution is -0.128. The quantitative estimate of drug-likeness (QED) is 0.676. The second-order valence-corrected chi connectivity index (χ2v) is 6.65. The lowest BCUT2D eigenvalue weighted by Gasteiger charge is -2.18. The summed E-state index contributed by atoms with van der Waals surface area (Å²) in [6.45, 7) is 6.75. The van der Waals surface area contributed by atoms with E-state index in [1.807, 2.05) is 20.8 Å². The van der Waals surface area contributed by atoms with Gasteiger partial charge in [0.05, 0.1) is 5.75 Å². The van der Waals surface area contributed by atoms with Crippen LogP contribution in [0.4, 0.5) is 0 Å². The molecule has 0 aliphatic heterocycles. The van der Waals surface area contributed by atoms with Gasteiger partial charge in [0.1, 0.15) is 5.75 Å². The Bertz CT molecular complexity index is 337. The van der Waals surface area contributed by atoms with Crippen LogP contribution in [0.25, 0.3) is 0 Å². The summed E-state index contributed by atoms with van der Waals surface area (Å²) >= 11 is 0. The van der Waals surface area contributed by atoms with Gasteiger partial charge in [-0.05, 0) is 33.1 Å². The molecular weight excluding hydrogens is 252 g/mol. The number of rotatable bonds is 9. The molecule has 1 atom stereocenters. The Kier molecular flexibility index (Phi) is 8.18. The van der Waals surface area contributed by atoms with Gasteiger partial charge in [-0.25, -0.2) is 8.42 Å². The second kappa shape index (κ2) is 8.48. The van der Waals surface area contributed by atoms with Gasteiger partial charge < -0.3 is 10.6 Å². The number of nitrogens with zero attached hydrogens (tertiary/aromatic N) is 1. The van der Waals surface area contributed by atoms with Crippen molar-refractivity contribution >= 4 is 15.7 Å². The Morgan fingerprint density at radius 2 is 1.78 bits per heavy atom. The molecule has 0 saturated carbocycles. The molecule has 0 aromatic heterocycles. The van der Waals surface area contributed by atoms with E-state index >= 15 is 0 Å². The zero-order valence-electron chi connectivity index (χ0n) is 11.7. The minimum absolute atomic E-state index is 0.0493. The van der Waals surface area contributed by atoms with Crippen LogP contribution in [0.15, 0.2) is 0 Å². The van der Waals surface area contributed by atoms with E-state index in [9.17, 15) is 13.2 Å². The molecule has 0 aromatic rings. The number of carbonyl (C=O) groups excluding carboxylic acids is 1. The van der Waals surface area contributed by atoms with Crippen LogP contribution in [0, 0.1) is 0 Å². The molecule has 18 heavy (non-hydrogen) atoms. The summed E-state index contributed by atoms with van der Waals surface area (Å²) in [5.41, 5.74) is 5.72. The summed E-state index contributed by atoms with van der Waals surface area (Å²) in [6.07, 6.45) is 2.07. The van der Waals surface area contributed by atoms with Crippen LogP contribution in [0.2, 0.25) is 0 Å². The van der Waals surface area contributed by atoms with Crippen molar-refractivity contribution in [2.24, 2.45) is 5.73 Å². The van der Waals surface area contributed by atoms with Crippen LogP contribution in [0.1, 0.15) is 40.0 Å². The lowest BCUT2D eigenvalue weighted by Crippen LogP contribution is -2.36. The average Bonchev–Trinajstić information content (AvgIpc) is 2.29. The first kappa shape index (κ1) is 17.4. The largest absolute Gasteiger partial charge is 0.342 e. The number of amides is 1. The summed E-state index contributed by atoms with van der Waals surface area (Å²) in [5, 5.41) is 0. The number of carbonyl (C=O) groups is 1. The van der Waals surface area contributed by atoms with Gasteiger partial charge in [0.2, 0.25) is 5.91 Å². The van der Waals surface area contributed by atoms with Crippen LogP contribution < -0.4 is 5.73 Å². The van der Waals surface area contributed by atoms with Gasteiger partial charge in [0.25, 0.3) is 0 Å². The maximum absolute atomic E-state index is 11.8. The molecule has 0 spiro atoms. The van der Waals surface area contributed by atoms with Crippen LogP contribution in [-0.2, 0) is 14.6 Å². The van der Waals surface area contributed by atoms with E-state index in [2.05, 4.69) is 0 Å². The predicted molar refractivity (Wildman–Crippen MR) is 74.1 cm³/mol. The molecule has 108 valence electrons. The molecule has 1 amide bonds. The average molecular weight is 278 g/mol. The van der Waals surface area contributed by atoms with E-state index in [1.54, 1.807) is 0 Å². The Morgan fingerprint density at radius 1 is 1.22 bits per heavy atom. The zero-order valence-corrected chi connectivity index (χ0v) is 12.5. The van der Waals surface area contributed by atoms with Gasteiger partial charge in [0, 0.05) is 19.1 Å². The van der Waals surface area contributed by atoms with Crippen LogP contribution in [0.5, 0.6) is 0 Å². The third-order valence-electron chi connectivity index (χ3n) is 3.01. The van der Waals surface area contributed by atoms with E-state index in [0.717, 1.165) is 6.42 Å². The summed E-state index contributed by atoms with van der Waals surface area (Å²) in [4.78, 5) is 13.2. The zero-order chi connectivity index (χ0) is 14.2. The molecule has 0 rings (SSSR count). The highest BCUT2D eigenvalue weighted by Crippen LogP contribution is 2.04. The number of sulfone groups is 1. The first-order valence-electron chi connectivity index (χ1n) is 6.60. The molecule has 0 aliphatic carbocycles. The molecule has 0 heterocycles. The van der Waals surface area contributed by atoms with Crippen molar-refractivity contribution in [1.82, 2.24) is 4.90 Å². The Labute approximate surface area is 111 Å². The highest BCUT2D eigenvalue weighted by atomic mass is 32.2. The van der Waals surface area contributed by atoms with E-state index < -0.39 is 9.84 Å². The Morgan fingerprint density at radius 3 is 2.22 bits per heavy atom. The van der Waals surface area contributed by atoms with Crippen molar-refractivity contribution in [1.29, 1.82) is 0 Å². The van der Waals surface area contributed by atoms with Crippen molar-refractivity contribution in [2.45, 2.75) is 46.1 Å². The van der Waals surface area contributed by atoms with E-state index in [0.29, 0.717) is 25.9 Å². The maximum Gasteiger partial charge on any atom is 0.237 e. The molecule has 6 heteroatoms. The van der Waals surface area contributed by atoms with Gasteiger partial charge in [-0.15, -0.1) is 0 Å². The fourth-order valence-corrected chi connectivity index (χ4v) is 3.01. The summed E-state index contributed by atoms with van der Waals surface area (Å²) < 4.78 is 23.5. The van der Waals surface area contributed by atoms with E-state index in [-0.39, 0.29) is 23.5 Å². The number of nitrogens with two attached hydrogens (primary N) is 1. The van der Waals surface area contributed by atoms with Gasteiger partial charge in [-0.3, -0.25) is 4.79 Å². The number of hydrogen-bond acceptors (Lipinski definition) is 4. The fraction of sp³-hybridized carbons (Fsp3) is 0.917. The minimum atomic E-state index is -3.30. The normalized spacial score (nSPS) is 13.3. The van der Waals surface area contributed by atoms with E-state index in [1.165, 1.54) is 4.90 Å². The first-order valence-corrected chi connectivity index (χ1v) is 8.42. The summed E-state index contributed by atoms with van der Waals surface area (Å²) in [5.74, 6) is -0.635. The topological polar surface area (TPSA) is 80.5 Å². The van der Waals surface area contributed by atoms with Crippen LogP contribution in [-0.4, -0.2) is 49.9 Å². The van der Waals surface area contributed by atoms with Gasteiger partial charge in [-0.2, -0.15) is 0 Å². The smallest absolute Gasteiger partial charge is 0.237 e. The van der Waals surface area contributed by atoms with Crippen molar-refractivity contribution in [3.63, 3.8) is 0 Å². The molecule has 5 nitrogen and oxygen atoms in total. The van der Waals surface area contributed by atoms with Gasteiger partial charge >= 0.3 is 0 Å². The molecule has 0 radical (unpaired) electrons. The Hall–Kier alpha value is -0.620. The summed E-state index contributed by atoms with van der Waals surface area (Å²) in [6, 6.07) is 0.0543. The second-order valence-electron chi connectivity index (χ2n) is 4.47. The molecular formula is C12H26N2O3S. The maximum atomic E-state index is 11.8. The standard InChI is InChI=1S/C12H26N2O3S/c1-4-11(13)8-7-9-18(16,17)10-12(15)14(5-2)6-3/h11H,4-10,13H2,1-3H3. The third kappa shape index (κ3) is 6.96. The van der Waals surface area contributed by atoms with Gasteiger partial charge in [0.15, 0.2) is 9.84 Å². The van der Waals surface area contributed by atoms with Crippen molar-refractivity contribution < 1.29 is 13.2 Å². The molecule has 2 N–H and O–H groups in total.